The number of nitrogens with zero attached hydrogens (tertiary/aromatic N) is 4. The Morgan fingerprint density at radius 1 is 0.974 bits per heavy atom. The second-order valence-electron chi connectivity index (χ2n) is 8.78. The van der Waals surface area contributed by atoms with E-state index in [-0.39, 0.29) is 12.1 Å². The maximum Gasteiger partial charge on any atom is 0.209 e. The van der Waals surface area contributed by atoms with Gasteiger partial charge >= 0.3 is 0 Å². The van der Waals surface area contributed by atoms with Crippen molar-refractivity contribution in [3.63, 3.8) is 0 Å². The van der Waals surface area contributed by atoms with Crippen molar-refractivity contribution >= 4 is 32.0 Å². The maximum absolute atomic E-state index is 15.0. The predicted octanol–water partition coefficient (Wildman–Crippen LogP) is 4.56. The summed E-state index contributed by atoms with van der Waals surface area (Å²) in [6.07, 6.45) is 5.89. The summed E-state index contributed by atoms with van der Waals surface area (Å²) in [4.78, 5) is 16.4. The predicted molar refractivity (Wildman–Crippen MR) is 139 cm³/mol. The van der Waals surface area contributed by atoms with Crippen LogP contribution in [0, 0.1) is 11.6 Å². The number of rotatable bonds is 6. The van der Waals surface area contributed by atoms with Crippen molar-refractivity contribution in [3.05, 3.63) is 84.3 Å². The highest BCUT2D eigenvalue weighted by molar-refractivity contribution is 7.88. The second kappa shape index (κ2) is 9.08. The van der Waals surface area contributed by atoms with Gasteiger partial charge in [0.25, 0.3) is 0 Å². The second-order valence-corrected chi connectivity index (χ2v) is 10.6. The molecule has 0 saturated carbocycles. The molecule has 0 aliphatic carbocycles. The van der Waals surface area contributed by atoms with Crippen molar-refractivity contribution < 1.29 is 17.2 Å². The van der Waals surface area contributed by atoms with E-state index in [0.717, 1.165) is 11.8 Å². The molecule has 0 aliphatic heterocycles. The van der Waals surface area contributed by atoms with Gasteiger partial charge in [0.05, 0.1) is 17.5 Å². The molecule has 0 saturated heterocycles. The highest BCUT2D eigenvalue weighted by Crippen LogP contribution is 2.33. The number of hydrogen-bond donors (Lipinski definition) is 3. The fourth-order valence-corrected chi connectivity index (χ4v) is 4.75. The Balaban J connectivity index is 1.46. The Hall–Kier alpha value is -4.55. The third kappa shape index (κ3) is 4.51. The molecule has 0 unspecified atom stereocenters. The first kappa shape index (κ1) is 23.8. The van der Waals surface area contributed by atoms with Gasteiger partial charge in [-0.1, -0.05) is 6.07 Å². The first-order valence-corrected chi connectivity index (χ1v) is 13.3. The lowest BCUT2D eigenvalue weighted by Crippen LogP contribution is -2.21. The van der Waals surface area contributed by atoms with E-state index in [1.807, 2.05) is 12.1 Å². The molecule has 0 aliphatic rings. The molecule has 12 heteroatoms. The van der Waals surface area contributed by atoms with Crippen LogP contribution in [-0.2, 0) is 16.6 Å². The van der Waals surface area contributed by atoms with Crippen LogP contribution in [0.15, 0.2) is 67.1 Å². The molecule has 6 rings (SSSR count). The van der Waals surface area contributed by atoms with Crippen molar-refractivity contribution in [2.45, 2.75) is 6.54 Å². The molecule has 190 valence electrons. The summed E-state index contributed by atoms with van der Waals surface area (Å²) < 4.78 is 54.7. The van der Waals surface area contributed by atoms with Gasteiger partial charge in [0.2, 0.25) is 10.0 Å². The topological polar surface area (TPSA) is 129 Å². The van der Waals surface area contributed by atoms with E-state index in [9.17, 15) is 17.2 Å². The molecular weight excluding hydrogens is 512 g/mol. The molecule has 0 radical (unpaired) electrons. The van der Waals surface area contributed by atoms with Gasteiger partial charge in [0.1, 0.15) is 28.4 Å². The van der Waals surface area contributed by atoms with Crippen LogP contribution in [0.4, 0.5) is 8.78 Å². The summed E-state index contributed by atoms with van der Waals surface area (Å²) in [5, 5.41) is 7.58. The van der Waals surface area contributed by atoms with Crippen LogP contribution in [0.5, 0.6) is 0 Å². The van der Waals surface area contributed by atoms with E-state index in [0.29, 0.717) is 50.3 Å². The Morgan fingerprint density at radius 2 is 1.84 bits per heavy atom. The van der Waals surface area contributed by atoms with Gasteiger partial charge in [-0.2, -0.15) is 5.10 Å². The molecule has 4 heterocycles. The third-order valence-corrected chi connectivity index (χ3v) is 6.68. The van der Waals surface area contributed by atoms with E-state index in [1.54, 1.807) is 36.8 Å². The minimum absolute atomic E-state index is 0.0739. The van der Waals surface area contributed by atoms with Crippen LogP contribution in [0.3, 0.4) is 0 Å². The smallest absolute Gasteiger partial charge is 0.209 e. The zero-order valence-corrected chi connectivity index (χ0v) is 20.6. The van der Waals surface area contributed by atoms with Crippen LogP contribution >= 0.6 is 0 Å². The molecule has 3 N–H and O–H groups in total. The quantitative estimate of drug-likeness (QED) is 0.289. The molecule has 9 nitrogen and oxygen atoms in total. The molecule has 0 atom stereocenters. The first-order valence-electron chi connectivity index (χ1n) is 11.4. The number of hydrogen-bond acceptors (Lipinski definition) is 6. The molecule has 0 spiro atoms. The van der Waals surface area contributed by atoms with E-state index in [2.05, 4.69) is 34.9 Å². The van der Waals surface area contributed by atoms with Crippen molar-refractivity contribution in [2.24, 2.45) is 0 Å². The fraction of sp³-hybridized carbons (Fsp3) is 0.0769. The Morgan fingerprint density at radius 3 is 2.63 bits per heavy atom. The number of aromatic amines is 2. The molecule has 0 amide bonds. The number of fused-ring (bicyclic) bond motifs is 2. The number of halogens is 2. The average molecular weight is 532 g/mol. The fourth-order valence-electron chi connectivity index (χ4n) is 4.32. The number of nitrogens with one attached hydrogen (secondary N) is 3. The van der Waals surface area contributed by atoms with Crippen LogP contribution in [-0.4, -0.2) is 44.8 Å². The van der Waals surface area contributed by atoms with Gasteiger partial charge in [0, 0.05) is 41.6 Å². The van der Waals surface area contributed by atoms with Crippen molar-refractivity contribution in [1.29, 1.82) is 0 Å². The monoisotopic (exact) mass is 531 g/mol. The molecular formula is C26H19F2N7O2S. The van der Waals surface area contributed by atoms with Crippen LogP contribution in [0.2, 0.25) is 0 Å². The summed E-state index contributed by atoms with van der Waals surface area (Å²) in [6, 6.07) is 12.8. The Labute approximate surface area is 215 Å². The molecule has 38 heavy (non-hydrogen) atoms. The number of benzene rings is 2. The standard InChI is InChI=1S/C26H19F2N7O2S/c1-38(36,37)31-12-14-7-17(9-18(27)8-14)22-25-21(4-6-30-22)32-26(33-25)24-19-10-16(15-3-2-5-29-13-15)11-20(28)23(19)34-35-24/h2-11,13,31H,12H2,1H3,(H,32,33)(H,34,35). The summed E-state index contributed by atoms with van der Waals surface area (Å²) in [5.41, 5.74) is 4.35. The lowest BCUT2D eigenvalue weighted by molar-refractivity contribution is 0.586. The van der Waals surface area contributed by atoms with Crippen molar-refractivity contribution in [3.8, 4) is 33.9 Å². The van der Waals surface area contributed by atoms with Gasteiger partial charge in [0.15, 0.2) is 5.82 Å². The number of pyridine rings is 2. The summed E-state index contributed by atoms with van der Waals surface area (Å²) in [6.45, 7) is -0.0739. The van der Waals surface area contributed by atoms with Crippen LogP contribution < -0.4 is 4.72 Å². The summed E-state index contributed by atoms with van der Waals surface area (Å²) in [5.74, 6) is -0.633. The van der Waals surface area contributed by atoms with E-state index in [4.69, 9.17) is 0 Å². The van der Waals surface area contributed by atoms with Crippen LogP contribution in [0.25, 0.3) is 55.8 Å². The van der Waals surface area contributed by atoms with Crippen LogP contribution in [0.1, 0.15) is 5.56 Å². The summed E-state index contributed by atoms with van der Waals surface area (Å²) in [7, 11) is -3.46. The highest BCUT2D eigenvalue weighted by atomic mass is 32.2. The van der Waals surface area contributed by atoms with E-state index >= 15 is 0 Å². The summed E-state index contributed by atoms with van der Waals surface area (Å²) >= 11 is 0. The zero-order chi connectivity index (χ0) is 26.4. The number of aromatic nitrogens is 6. The number of imidazole rings is 1. The minimum Gasteiger partial charge on any atom is -0.336 e. The van der Waals surface area contributed by atoms with Gasteiger partial charge in [-0.25, -0.2) is 26.9 Å². The molecule has 0 fully saturated rings. The molecule has 4 aromatic heterocycles. The SMILES string of the molecule is CS(=O)(=O)NCc1cc(F)cc(-c2nccc3[nH]c(-c4n[nH]c5c(F)cc(-c6cccnc6)cc45)nc23)c1. The minimum atomic E-state index is -3.46. The average Bonchev–Trinajstić information content (AvgIpc) is 3.51. The van der Waals surface area contributed by atoms with Gasteiger partial charge in [-0.15, -0.1) is 0 Å². The lowest BCUT2D eigenvalue weighted by atomic mass is 10.0. The number of H-pyrrole nitrogens is 2. The van der Waals surface area contributed by atoms with E-state index in [1.165, 1.54) is 18.2 Å². The number of sulfonamides is 1. The van der Waals surface area contributed by atoms with E-state index < -0.39 is 21.7 Å². The maximum atomic E-state index is 15.0. The normalized spacial score (nSPS) is 12.0. The highest BCUT2D eigenvalue weighted by Gasteiger charge is 2.19. The third-order valence-electron chi connectivity index (χ3n) is 6.01. The largest absolute Gasteiger partial charge is 0.336 e. The van der Waals surface area contributed by atoms with Gasteiger partial charge in [-0.3, -0.25) is 15.1 Å². The van der Waals surface area contributed by atoms with Gasteiger partial charge in [-0.05, 0) is 53.6 Å². The Bertz CT molecular complexity index is 1940. The van der Waals surface area contributed by atoms with Crippen molar-refractivity contribution in [2.75, 3.05) is 6.26 Å². The van der Waals surface area contributed by atoms with Gasteiger partial charge < -0.3 is 4.98 Å². The zero-order valence-electron chi connectivity index (χ0n) is 19.8. The molecule has 2 aromatic carbocycles. The molecule has 0 bridgehead atoms. The lowest BCUT2D eigenvalue weighted by Gasteiger charge is -2.07. The first-order chi connectivity index (χ1) is 18.2. The Kier molecular flexibility index (Phi) is 5.69. The molecule has 6 aromatic rings. The van der Waals surface area contributed by atoms with Crippen molar-refractivity contribution in [1.82, 2.24) is 34.9 Å².